The predicted molar refractivity (Wildman–Crippen MR) is 95.4 cm³/mol. The summed E-state index contributed by atoms with van der Waals surface area (Å²) >= 11 is 0. The molecule has 0 unspecified atom stereocenters. The first-order chi connectivity index (χ1) is 11.2. The highest BCUT2D eigenvalue weighted by atomic mass is 16.5. The number of methoxy groups -OCH3 is 1. The van der Waals surface area contributed by atoms with Crippen molar-refractivity contribution in [2.24, 2.45) is 0 Å². The van der Waals surface area contributed by atoms with Crippen LogP contribution in [0.4, 0.5) is 0 Å². The highest BCUT2D eigenvalue weighted by molar-refractivity contribution is 5.32. The van der Waals surface area contributed by atoms with Crippen LogP contribution >= 0.6 is 0 Å². The topological polar surface area (TPSA) is 18.5 Å². The zero-order valence-electron chi connectivity index (χ0n) is 13.8. The second kappa shape index (κ2) is 8.64. The Labute approximate surface area is 138 Å². The lowest BCUT2D eigenvalue weighted by Crippen LogP contribution is -1.82. The maximum atomic E-state index is 5.63. The molecule has 0 spiro atoms. The molecule has 0 heterocycles. The van der Waals surface area contributed by atoms with Gasteiger partial charge in [-0.1, -0.05) is 53.6 Å². The minimum Gasteiger partial charge on any atom is -0.497 e. The van der Waals surface area contributed by atoms with Gasteiger partial charge in [-0.3, -0.25) is 0 Å². The Morgan fingerprint density at radius 2 is 0.957 bits per heavy atom. The molecule has 3 rings (SSSR count). The Morgan fingerprint density at radius 3 is 1.43 bits per heavy atom. The first-order valence-electron chi connectivity index (χ1n) is 7.57. The van der Waals surface area contributed by atoms with Gasteiger partial charge in [-0.2, -0.15) is 0 Å². The normalized spacial score (nSPS) is 9.52. The first kappa shape index (κ1) is 16.6. The average Bonchev–Trinajstić information content (AvgIpc) is 2.59. The van der Waals surface area contributed by atoms with Gasteiger partial charge in [0, 0.05) is 0 Å². The van der Waals surface area contributed by atoms with E-state index < -0.39 is 0 Å². The van der Waals surface area contributed by atoms with E-state index in [2.05, 4.69) is 13.8 Å². The van der Waals surface area contributed by atoms with Gasteiger partial charge in [-0.25, -0.2) is 0 Å². The van der Waals surface area contributed by atoms with Crippen molar-refractivity contribution in [2.45, 2.75) is 13.8 Å². The summed E-state index contributed by atoms with van der Waals surface area (Å²) in [4.78, 5) is 0. The number of aryl methyl sites for hydroxylation is 2. The Hall–Kier alpha value is -2.74. The second-order valence-electron chi connectivity index (χ2n) is 5.25. The number of rotatable bonds is 3. The molecule has 0 N–H and O–H groups in total. The highest BCUT2D eigenvalue weighted by Gasteiger charge is 1.94. The quantitative estimate of drug-likeness (QED) is 0.609. The van der Waals surface area contributed by atoms with Crippen LogP contribution in [0.2, 0.25) is 0 Å². The molecule has 3 aromatic rings. The molecule has 0 saturated heterocycles. The molecule has 118 valence electrons. The van der Waals surface area contributed by atoms with Gasteiger partial charge in [0.1, 0.15) is 17.2 Å². The molecule has 0 aliphatic carbocycles. The molecular formula is C21H22O2. The maximum Gasteiger partial charge on any atom is 0.127 e. The van der Waals surface area contributed by atoms with Crippen LogP contribution in [-0.4, -0.2) is 7.11 Å². The van der Waals surface area contributed by atoms with Crippen molar-refractivity contribution in [3.05, 3.63) is 90.0 Å². The van der Waals surface area contributed by atoms with E-state index in [9.17, 15) is 0 Å². The molecule has 0 aliphatic heterocycles. The van der Waals surface area contributed by atoms with Crippen LogP contribution < -0.4 is 9.47 Å². The fourth-order valence-electron chi connectivity index (χ4n) is 1.91. The van der Waals surface area contributed by atoms with Gasteiger partial charge in [0.25, 0.3) is 0 Å². The summed E-state index contributed by atoms with van der Waals surface area (Å²) in [6.07, 6.45) is 0. The van der Waals surface area contributed by atoms with Crippen molar-refractivity contribution in [3.63, 3.8) is 0 Å². The van der Waals surface area contributed by atoms with E-state index in [1.54, 1.807) is 7.11 Å². The molecule has 0 fully saturated rings. The van der Waals surface area contributed by atoms with Crippen molar-refractivity contribution in [1.82, 2.24) is 0 Å². The summed E-state index contributed by atoms with van der Waals surface area (Å²) < 4.78 is 10.6. The van der Waals surface area contributed by atoms with Crippen molar-refractivity contribution in [1.29, 1.82) is 0 Å². The van der Waals surface area contributed by atoms with Crippen LogP contribution in [-0.2, 0) is 0 Å². The molecule has 0 atom stereocenters. The first-order valence-corrected chi connectivity index (χ1v) is 7.57. The highest BCUT2D eigenvalue weighted by Crippen LogP contribution is 2.20. The minimum atomic E-state index is 0.872. The fraction of sp³-hybridized carbons (Fsp3) is 0.143. The van der Waals surface area contributed by atoms with E-state index in [4.69, 9.17) is 9.47 Å². The van der Waals surface area contributed by atoms with E-state index in [-0.39, 0.29) is 0 Å². The largest absolute Gasteiger partial charge is 0.497 e. The van der Waals surface area contributed by atoms with Gasteiger partial charge >= 0.3 is 0 Å². The molecule has 2 heteroatoms. The standard InChI is InChI=1S/C13H12O.C8H10O/c1-11-7-9-13(10-8-11)14-12-5-3-2-4-6-12;1-7-3-5-8(9-2)6-4-7/h2-10H,1H3;3-6H,1-2H3. The van der Waals surface area contributed by atoms with Crippen molar-refractivity contribution in [3.8, 4) is 17.2 Å². The van der Waals surface area contributed by atoms with Gasteiger partial charge in [0.05, 0.1) is 7.11 Å². The van der Waals surface area contributed by atoms with Crippen LogP contribution in [0.25, 0.3) is 0 Å². The molecule has 3 aromatic carbocycles. The van der Waals surface area contributed by atoms with E-state index in [0.29, 0.717) is 0 Å². The summed E-state index contributed by atoms with van der Waals surface area (Å²) in [5, 5.41) is 0. The second-order valence-corrected chi connectivity index (χ2v) is 5.25. The zero-order valence-corrected chi connectivity index (χ0v) is 13.8. The fourth-order valence-corrected chi connectivity index (χ4v) is 1.91. The monoisotopic (exact) mass is 306 g/mol. The van der Waals surface area contributed by atoms with Crippen molar-refractivity contribution >= 4 is 0 Å². The number of benzene rings is 3. The van der Waals surface area contributed by atoms with Crippen molar-refractivity contribution < 1.29 is 9.47 Å². The maximum absolute atomic E-state index is 5.63. The third-order valence-electron chi connectivity index (χ3n) is 3.26. The minimum absolute atomic E-state index is 0.872. The lowest BCUT2D eigenvalue weighted by molar-refractivity contribution is 0.414. The number of ether oxygens (including phenoxy) is 2. The number of hydrogen-bond acceptors (Lipinski definition) is 2. The molecule has 0 bridgehead atoms. The van der Waals surface area contributed by atoms with Gasteiger partial charge in [0.15, 0.2) is 0 Å². The van der Waals surface area contributed by atoms with Crippen LogP contribution in [0.1, 0.15) is 11.1 Å². The smallest absolute Gasteiger partial charge is 0.127 e. The molecule has 2 nitrogen and oxygen atoms in total. The third-order valence-corrected chi connectivity index (χ3v) is 3.26. The lowest BCUT2D eigenvalue weighted by atomic mass is 10.2. The summed E-state index contributed by atoms with van der Waals surface area (Å²) in [7, 11) is 1.67. The molecule has 0 radical (unpaired) electrons. The summed E-state index contributed by atoms with van der Waals surface area (Å²) in [5.41, 5.74) is 2.50. The van der Waals surface area contributed by atoms with Gasteiger partial charge < -0.3 is 9.47 Å². The average molecular weight is 306 g/mol. The summed E-state index contributed by atoms with van der Waals surface area (Å²) in [6, 6.07) is 25.8. The van der Waals surface area contributed by atoms with E-state index in [1.165, 1.54) is 11.1 Å². The zero-order chi connectivity index (χ0) is 16.5. The van der Waals surface area contributed by atoms with Crippen LogP contribution in [0.3, 0.4) is 0 Å². The van der Waals surface area contributed by atoms with Gasteiger partial charge in [0.2, 0.25) is 0 Å². The van der Waals surface area contributed by atoms with E-state index in [1.807, 2.05) is 78.9 Å². The Kier molecular flexibility index (Phi) is 6.25. The van der Waals surface area contributed by atoms with Gasteiger partial charge in [-0.15, -0.1) is 0 Å². The SMILES string of the molecule is COc1ccc(C)cc1.Cc1ccc(Oc2ccccc2)cc1. The third kappa shape index (κ3) is 5.87. The Balaban J connectivity index is 0.000000185. The number of hydrogen-bond donors (Lipinski definition) is 0. The molecular weight excluding hydrogens is 284 g/mol. The van der Waals surface area contributed by atoms with Crippen LogP contribution in [0.5, 0.6) is 17.2 Å². The van der Waals surface area contributed by atoms with Crippen LogP contribution in [0.15, 0.2) is 78.9 Å². The molecule has 0 amide bonds. The molecule has 23 heavy (non-hydrogen) atoms. The predicted octanol–water partition coefficient (Wildman–Crippen LogP) is 5.79. The Bertz CT molecular complexity index is 686. The molecule has 0 aliphatic rings. The molecule has 0 aromatic heterocycles. The Morgan fingerprint density at radius 1 is 0.522 bits per heavy atom. The lowest BCUT2D eigenvalue weighted by Gasteiger charge is -2.04. The van der Waals surface area contributed by atoms with E-state index in [0.717, 1.165) is 17.2 Å². The summed E-state index contributed by atoms with van der Waals surface area (Å²) in [6.45, 7) is 4.12. The summed E-state index contributed by atoms with van der Waals surface area (Å²) in [5.74, 6) is 2.67. The van der Waals surface area contributed by atoms with Crippen molar-refractivity contribution in [2.75, 3.05) is 7.11 Å². The number of para-hydroxylation sites is 1. The molecule has 0 saturated carbocycles. The van der Waals surface area contributed by atoms with E-state index >= 15 is 0 Å². The van der Waals surface area contributed by atoms with Crippen LogP contribution in [0, 0.1) is 13.8 Å². The van der Waals surface area contributed by atoms with Gasteiger partial charge in [-0.05, 0) is 50.2 Å².